The Balaban J connectivity index is 1.51. The van der Waals surface area contributed by atoms with Crippen molar-refractivity contribution in [2.75, 3.05) is 44.5 Å². The summed E-state index contributed by atoms with van der Waals surface area (Å²) in [6.07, 6.45) is 8.12. The lowest BCUT2D eigenvalue weighted by Gasteiger charge is -2.34. The number of anilines is 2. The fourth-order valence-electron chi connectivity index (χ4n) is 4.32. The maximum atomic E-state index is 9.55. The lowest BCUT2D eigenvalue weighted by Crippen LogP contribution is -2.44. The van der Waals surface area contributed by atoms with E-state index in [9.17, 15) is 5.11 Å². The standard InChI is InChI=1S/C24H36N8O3/c1-4-5-6-31(7-8-33)23-22-20(28-24(25)29-23)15-32(30-22)14-16-12-26-18(11-21(16)35-3)13-27-17-9-19(10-17)34-2/h11-12,15,17,19,27,33H,4-10,13-14H2,1-3H3,(H2,25,28). The summed E-state index contributed by atoms with van der Waals surface area (Å²) in [6, 6.07) is 2.43. The second-order valence-corrected chi connectivity index (χ2v) is 8.92. The van der Waals surface area contributed by atoms with Crippen LogP contribution < -0.4 is 20.7 Å². The first-order chi connectivity index (χ1) is 17.0. The summed E-state index contributed by atoms with van der Waals surface area (Å²) in [5.74, 6) is 1.59. The van der Waals surface area contributed by atoms with Crippen LogP contribution >= 0.6 is 0 Å². The predicted octanol–water partition coefficient (Wildman–Crippen LogP) is 1.73. The number of nitrogen functional groups attached to an aromatic ring is 1. The average molecular weight is 485 g/mol. The van der Waals surface area contributed by atoms with Crippen LogP contribution in [0.3, 0.4) is 0 Å². The first-order valence-corrected chi connectivity index (χ1v) is 12.2. The number of methoxy groups -OCH3 is 2. The van der Waals surface area contributed by atoms with Gasteiger partial charge in [-0.1, -0.05) is 13.3 Å². The number of aliphatic hydroxyl groups excluding tert-OH is 1. The Bertz CT molecular complexity index is 1120. The summed E-state index contributed by atoms with van der Waals surface area (Å²) in [6.45, 7) is 4.51. The highest BCUT2D eigenvalue weighted by molar-refractivity contribution is 5.86. The number of hydrogen-bond acceptors (Lipinski definition) is 10. The lowest BCUT2D eigenvalue weighted by molar-refractivity contribution is 0.0169. The molecular weight excluding hydrogens is 448 g/mol. The Labute approximate surface area is 205 Å². The van der Waals surface area contributed by atoms with Crippen molar-refractivity contribution in [2.24, 2.45) is 0 Å². The summed E-state index contributed by atoms with van der Waals surface area (Å²) >= 11 is 0. The van der Waals surface area contributed by atoms with E-state index in [-0.39, 0.29) is 12.6 Å². The van der Waals surface area contributed by atoms with Gasteiger partial charge in [-0.3, -0.25) is 9.67 Å². The highest BCUT2D eigenvalue weighted by Gasteiger charge is 2.28. The molecule has 1 aliphatic carbocycles. The smallest absolute Gasteiger partial charge is 0.222 e. The molecule has 35 heavy (non-hydrogen) atoms. The summed E-state index contributed by atoms with van der Waals surface area (Å²) < 4.78 is 12.8. The molecule has 0 atom stereocenters. The van der Waals surface area contributed by atoms with Crippen molar-refractivity contribution < 1.29 is 14.6 Å². The van der Waals surface area contributed by atoms with Crippen molar-refractivity contribution in [1.82, 2.24) is 30.0 Å². The fraction of sp³-hybridized carbons (Fsp3) is 0.583. The highest BCUT2D eigenvalue weighted by atomic mass is 16.5. The number of pyridine rings is 1. The zero-order valence-electron chi connectivity index (χ0n) is 20.8. The Hall–Kier alpha value is -3.02. The van der Waals surface area contributed by atoms with Gasteiger partial charge >= 0.3 is 0 Å². The largest absolute Gasteiger partial charge is 0.496 e. The molecule has 4 N–H and O–H groups in total. The van der Waals surface area contributed by atoms with Crippen molar-refractivity contribution in [3.05, 3.63) is 29.7 Å². The Kier molecular flexibility index (Phi) is 8.32. The maximum absolute atomic E-state index is 9.55. The number of nitrogens with two attached hydrogens (primary N) is 1. The molecule has 3 aromatic rings. The van der Waals surface area contributed by atoms with Crippen LogP contribution in [0.25, 0.3) is 11.0 Å². The summed E-state index contributed by atoms with van der Waals surface area (Å²) in [5.41, 5.74) is 9.15. The summed E-state index contributed by atoms with van der Waals surface area (Å²) in [7, 11) is 3.42. The first kappa shape index (κ1) is 25.1. The monoisotopic (exact) mass is 484 g/mol. The average Bonchev–Trinajstić information content (AvgIpc) is 3.23. The second-order valence-electron chi connectivity index (χ2n) is 8.92. The zero-order chi connectivity index (χ0) is 24.8. The van der Waals surface area contributed by atoms with Crippen LogP contribution in [-0.4, -0.2) is 75.9 Å². The van der Waals surface area contributed by atoms with Crippen molar-refractivity contribution in [2.45, 2.75) is 57.8 Å². The van der Waals surface area contributed by atoms with Crippen LogP contribution in [0, 0.1) is 0 Å². The van der Waals surface area contributed by atoms with E-state index in [0.29, 0.717) is 48.6 Å². The van der Waals surface area contributed by atoms with E-state index in [1.807, 2.05) is 23.4 Å². The molecule has 0 radical (unpaired) electrons. The van der Waals surface area contributed by atoms with E-state index < -0.39 is 0 Å². The quantitative estimate of drug-likeness (QED) is 0.329. The molecule has 1 fully saturated rings. The topological polar surface area (TPSA) is 136 Å². The van der Waals surface area contributed by atoms with Gasteiger partial charge in [0, 0.05) is 50.6 Å². The molecule has 0 spiro atoms. The van der Waals surface area contributed by atoms with Crippen molar-refractivity contribution in [3.63, 3.8) is 0 Å². The van der Waals surface area contributed by atoms with Crippen molar-refractivity contribution >= 4 is 22.8 Å². The Morgan fingerprint density at radius 3 is 2.80 bits per heavy atom. The minimum absolute atomic E-state index is 0.0214. The molecule has 3 heterocycles. The van der Waals surface area contributed by atoms with Gasteiger partial charge < -0.3 is 30.5 Å². The second kappa shape index (κ2) is 11.6. The van der Waals surface area contributed by atoms with Crippen LogP contribution in [-0.2, 0) is 17.8 Å². The molecule has 11 heteroatoms. The normalized spacial score (nSPS) is 17.5. The van der Waals surface area contributed by atoms with Crippen LogP contribution in [0.1, 0.15) is 43.9 Å². The van der Waals surface area contributed by atoms with Gasteiger partial charge in [-0.15, -0.1) is 0 Å². The van der Waals surface area contributed by atoms with Gasteiger partial charge in [0.2, 0.25) is 5.95 Å². The molecule has 0 aliphatic heterocycles. The van der Waals surface area contributed by atoms with E-state index in [2.05, 4.69) is 27.2 Å². The van der Waals surface area contributed by atoms with E-state index >= 15 is 0 Å². The summed E-state index contributed by atoms with van der Waals surface area (Å²) in [4.78, 5) is 15.5. The third kappa shape index (κ3) is 5.98. The Morgan fingerprint density at radius 2 is 2.09 bits per heavy atom. The van der Waals surface area contributed by atoms with Crippen LogP contribution in [0.2, 0.25) is 0 Å². The van der Waals surface area contributed by atoms with Gasteiger partial charge in [-0.2, -0.15) is 10.1 Å². The molecule has 0 bridgehead atoms. The molecule has 0 saturated heterocycles. The van der Waals surface area contributed by atoms with E-state index in [1.54, 1.807) is 18.9 Å². The van der Waals surface area contributed by atoms with Gasteiger partial charge in [0.25, 0.3) is 0 Å². The Morgan fingerprint density at radius 1 is 1.26 bits per heavy atom. The minimum atomic E-state index is 0.0214. The van der Waals surface area contributed by atoms with E-state index in [1.165, 1.54) is 0 Å². The van der Waals surface area contributed by atoms with Gasteiger partial charge in [0.05, 0.1) is 38.3 Å². The predicted molar refractivity (Wildman–Crippen MR) is 134 cm³/mol. The third-order valence-corrected chi connectivity index (χ3v) is 6.41. The molecule has 190 valence electrons. The molecule has 3 aromatic heterocycles. The van der Waals surface area contributed by atoms with Gasteiger partial charge in [-0.05, 0) is 19.3 Å². The van der Waals surface area contributed by atoms with E-state index in [0.717, 1.165) is 49.2 Å². The van der Waals surface area contributed by atoms with Gasteiger partial charge in [0.1, 0.15) is 11.3 Å². The van der Waals surface area contributed by atoms with E-state index in [4.69, 9.17) is 20.3 Å². The number of unbranched alkanes of at least 4 members (excludes halogenated alkanes) is 1. The maximum Gasteiger partial charge on any atom is 0.222 e. The van der Waals surface area contributed by atoms with Gasteiger partial charge in [-0.25, -0.2) is 4.98 Å². The SMILES string of the molecule is CCCCN(CCO)c1nc(N)nc2cn(Cc3cnc(CNC4CC(OC)C4)cc3OC)nc12. The van der Waals surface area contributed by atoms with Crippen LogP contribution in [0.15, 0.2) is 18.5 Å². The number of aliphatic hydroxyl groups is 1. The molecule has 1 saturated carbocycles. The fourth-order valence-corrected chi connectivity index (χ4v) is 4.32. The number of aromatic nitrogens is 5. The number of fused-ring (bicyclic) bond motifs is 1. The molecule has 0 unspecified atom stereocenters. The zero-order valence-corrected chi connectivity index (χ0v) is 20.8. The molecule has 0 amide bonds. The number of rotatable bonds is 13. The first-order valence-electron chi connectivity index (χ1n) is 12.2. The third-order valence-electron chi connectivity index (χ3n) is 6.41. The minimum Gasteiger partial charge on any atom is -0.496 e. The number of nitrogens with zero attached hydrogens (tertiary/aromatic N) is 6. The van der Waals surface area contributed by atoms with Crippen LogP contribution in [0.4, 0.5) is 11.8 Å². The highest BCUT2D eigenvalue weighted by Crippen LogP contribution is 2.26. The molecule has 0 aromatic carbocycles. The summed E-state index contributed by atoms with van der Waals surface area (Å²) in [5, 5.41) is 17.8. The van der Waals surface area contributed by atoms with Gasteiger partial charge in [0.15, 0.2) is 11.3 Å². The van der Waals surface area contributed by atoms with Crippen LogP contribution in [0.5, 0.6) is 5.75 Å². The molecule has 1 aliphatic rings. The molecule has 11 nitrogen and oxygen atoms in total. The lowest BCUT2D eigenvalue weighted by atomic mass is 9.89. The van der Waals surface area contributed by atoms with Crippen molar-refractivity contribution in [3.8, 4) is 5.75 Å². The number of nitrogens with one attached hydrogen (secondary N) is 1. The molecule has 4 rings (SSSR count). The molecular formula is C24H36N8O3. The number of ether oxygens (including phenoxy) is 2. The van der Waals surface area contributed by atoms with Crippen molar-refractivity contribution in [1.29, 1.82) is 0 Å². The number of hydrogen-bond donors (Lipinski definition) is 3.